The lowest BCUT2D eigenvalue weighted by Gasteiger charge is -2.09. The van der Waals surface area contributed by atoms with Crippen molar-refractivity contribution in [1.82, 2.24) is 4.98 Å². The fraction of sp³-hybridized carbons (Fsp3) is 0. The Bertz CT molecular complexity index is 1250. The number of hydrogen-bond acceptors (Lipinski definition) is 3. The number of anilines is 2. The van der Waals surface area contributed by atoms with Crippen LogP contribution in [0.1, 0.15) is 10.5 Å². The molecule has 4 aromatic rings. The Morgan fingerprint density at radius 2 is 1.52 bits per heavy atom. The number of amides is 1. The SMILES string of the molecule is O=C(Nc1ccc(NS(=O)(=O)c2ccc(F)cc2)cc1)c1cc2ccccc2[nH]1. The fourth-order valence-electron chi connectivity index (χ4n) is 2.84. The molecule has 0 spiro atoms. The third-order valence-corrected chi connectivity index (χ3v) is 5.69. The highest BCUT2D eigenvalue weighted by Crippen LogP contribution is 2.20. The van der Waals surface area contributed by atoms with Gasteiger partial charge in [0.1, 0.15) is 11.5 Å². The number of halogens is 1. The Morgan fingerprint density at radius 1 is 0.862 bits per heavy atom. The number of rotatable bonds is 5. The Labute approximate surface area is 166 Å². The van der Waals surface area contributed by atoms with Crippen LogP contribution >= 0.6 is 0 Å². The summed E-state index contributed by atoms with van der Waals surface area (Å²) in [4.78, 5) is 15.4. The molecule has 0 unspecified atom stereocenters. The minimum absolute atomic E-state index is 0.0462. The maximum absolute atomic E-state index is 13.0. The monoisotopic (exact) mass is 409 g/mol. The lowest BCUT2D eigenvalue weighted by atomic mass is 10.2. The molecule has 4 rings (SSSR count). The van der Waals surface area contributed by atoms with Crippen molar-refractivity contribution in [2.45, 2.75) is 4.90 Å². The van der Waals surface area contributed by atoms with Gasteiger partial charge in [-0.15, -0.1) is 0 Å². The van der Waals surface area contributed by atoms with Crippen LogP contribution in [0.15, 0.2) is 83.8 Å². The van der Waals surface area contributed by atoms with Crippen LogP contribution in [-0.2, 0) is 10.0 Å². The van der Waals surface area contributed by atoms with Crippen LogP contribution in [0.4, 0.5) is 15.8 Å². The van der Waals surface area contributed by atoms with Crippen LogP contribution in [0, 0.1) is 5.82 Å². The molecular formula is C21H16FN3O3S. The van der Waals surface area contributed by atoms with Gasteiger partial charge in [-0.05, 0) is 60.7 Å². The summed E-state index contributed by atoms with van der Waals surface area (Å²) in [5, 5.41) is 3.69. The van der Waals surface area contributed by atoms with E-state index in [4.69, 9.17) is 0 Å². The van der Waals surface area contributed by atoms with Gasteiger partial charge in [-0.2, -0.15) is 0 Å². The zero-order chi connectivity index (χ0) is 20.4. The van der Waals surface area contributed by atoms with Crippen LogP contribution in [0.5, 0.6) is 0 Å². The summed E-state index contributed by atoms with van der Waals surface area (Å²) in [7, 11) is -3.83. The van der Waals surface area contributed by atoms with E-state index in [2.05, 4.69) is 15.0 Å². The maximum Gasteiger partial charge on any atom is 0.272 e. The van der Waals surface area contributed by atoms with E-state index in [9.17, 15) is 17.6 Å². The molecule has 1 amide bonds. The minimum Gasteiger partial charge on any atom is -0.351 e. The molecule has 0 aliphatic heterocycles. The van der Waals surface area contributed by atoms with Crippen molar-refractivity contribution in [2.75, 3.05) is 10.0 Å². The molecule has 3 N–H and O–H groups in total. The number of nitrogens with one attached hydrogen (secondary N) is 3. The predicted molar refractivity (Wildman–Crippen MR) is 110 cm³/mol. The van der Waals surface area contributed by atoms with Gasteiger partial charge in [0.25, 0.3) is 15.9 Å². The van der Waals surface area contributed by atoms with E-state index in [1.807, 2.05) is 24.3 Å². The van der Waals surface area contributed by atoms with E-state index in [0.29, 0.717) is 17.1 Å². The molecule has 0 bridgehead atoms. The lowest BCUT2D eigenvalue weighted by molar-refractivity contribution is 0.102. The minimum atomic E-state index is -3.83. The summed E-state index contributed by atoms with van der Waals surface area (Å²) >= 11 is 0. The molecule has 6 nitrogen and oxygen atoms in total. The van der Waals surface area contributed by atoms with Gasteiger partial charge in [-0.3, -0.25) is 9.52 Å². The van der Waals surface area contributed by atoms with Gasteiger partial charge in [0.15, 0.2) is 0 Å². The molecule has 0 saturated heterocycles. The zero-order valence-corrected chi connectivity index (χ0v) is 15.8. The second-order valence-electron chi connectivity index (χ2n) is 6.36. The van der Waals surface area contributed by atoms with E-state index in [1.165, 1.54) is 24.3 Å². The molecular weight excluding hydrogens is 393 g/mol. The number of carbonyl (C=O) groups excluding carboxylic acids is 1. The number of para-hydroxylation sites is 1. The number of fused-ring (bicyclic) bond motifs is 1. The molecule has 8 heteroatoms. The van der Waals surface area contributed by atoms with E-state index in [1.54, 1.807) is 18.2 Å². The Morgan fingerprint density at radius 3 is 2.21 bits per heavy atom. The molecule has 0 aliphatic rings. The highest BCUT2D eigenvalue weighted by molar-refractivity contribution is 7.92. The number of benzene rings is 3. The summed E-state index contributed by atoms with van der Waals surface area (Å²) in [6.07, 6.45) is 0. The molecule has 0 saturated carbocycles. The van der Waals surface area contributed by atoms with E-state index >= 15 is 0 Å². The van der Waals surface area contributed by atoms with Gasteiger partial charge in [-0.25, -0.2) is 12.8 Å². The van der Waals surface area contributed by atoms with Gasteiger partial charge in [0.05, 0.1) is 4.90 Å². The highest BCUT2D eigenvalue weighted by Gasteiger charge is 2.14. The fourth-order valence-corrected chi connectivity index (χ4v) is 3.90. The molecule has 1 aromatic heterocycles. The second kappa shape index (κ2) is 7.40. The lowest BCUT2D eigenvalue weighted by Crippen LogP contribution is -2.14. The number of sulfonamides is 1. The smallest absolute Gasteiger partial charge is 0.272 e. The van der Waals surface area contributed by atoms with Crippen LogP contribution in [-0.4, -0.2) is 19.3 Å². The standard InChI is InChI=1S/C21H16FN3O3S/c22-15-5-11-18(12-6-15)29(27,28)25-17-9-7-16(8-10-17)23-21(26)20-13-14-3-1-2-4-19(14)24-20/h1-13,24-25H,(H,23,26). The van der Waals surface area contributed by atoms with Crippen molar-refractivity contribution >= 4 is 38.2 Å². The highest BCUT2D eigenvalue weighted by atomic mass is 32.2. The largest absolute Gasteiger partial charge is 0.351 e. The van der Waals surface area contributed by atoms with Gasteiger partial charge >= 0.3 is 0 Å². The first kappa shape index (κ1) is 18.7. The van der Waals surface area contributed by atoms with Gasteiger partial charge in [-0.1, -0.05) is 18.2 Å². The first-order valence-corrected chi connectivity index (χ1v) is 10.2. The molecule has 3 aromatic carbocycles. The van der Waals surface area contributed by atoms with Crippen molar-refractivity contribution in [1.29, 1.82) is 0 Å². The summed E-state index contributed by atoms with van der Waals surface area (Å²) in [5.74, 6) is -0.820. The van der Waals surface area contributed by atoms with Crippen LogP contribution in [0.3, 0.4) is 0 Å². The molecule has 29 heavy (non-hydrogen) atoms. The third-order valence-electron chi connectivity index (χ3n) is 4.29. The zero-order valence-electron chi connectivity index (χ0n) is 15.0. The van der Waals surface area contributed by atoms with Crippen molar-refractivity contribution in [2.24, 2.45) is 0 Å². The van der Waals surface area contributed by atoms with Gasteiger partial charge < -0.3 is 10.3 Å². The first-order chi connectivity index (χ1) is 13.9. The molecule has 0 aliphatic carbocycles. The van der Waals surface area contributed by atoms with Crippen molar-refractivity contribution in [3.8, 4) is 0 Å². The third kappa shape index (κ3) is 4.12. The maximum atomic E-state index is 13.0. The summed E-state index contributed by atoms with van der Waals surface area (Å²) in [6.45, 7) is 0. The quantitative estimate of drug-likeness (QED) is 0.457. The number of aromatic nitrogens is 1. The Kier molecular flexibility index (Phi) is 4.77. The Hall–Kier alpha value is -3.65. The predicted octanol–water partition coefficient (Wildman–Crippen LogP) is 4.36. The van der Waals surface area contributed by atoms with Crippen LogP contribution in [0.2, 0.25) is 0 Å². The molecule has 1 heterocycles. The van der Waals surface area contributed by atoms with Crippen molar-refractivity contribution in [3.05, 3.63) is 90.4 Å². The molecule has 0 radical (unpaired) electrons. The molecule has 0 fully saturated rings. The summed E-state index contributed by atoms with van der Waals surface area (Å²) < 4.78 is 40.1. The molecule has 146 valence electrons. The number of H-pyrrole nitrogens is 1. The van der Waals surface area contributed by atoms with Gasteiger partial charge in [0, 0.05) is 22.3 Å². The number of hydrogen-bond donors (Lipinski definition) is 3. The first-order valence-electron chi connectivity index (χ1n) is 8.68. The Balaban J connectivity index is 1.46. The van der Waals surface area contributed by atoms with Crippen molar-refractivity contribution in [3.63, 3.8) is 0 Å². The summed E-state index contributed by atoms with van der Waals surface area (Å²) in [5.41, 5.74) is 2.12. The van der Waals surface area contributed by atoms with Crippen molar-refractivity contribution < 1.29 is 17.6 Å². The van der Waals surface area contributed by atoms with E-state index in [-0.39, 0.29) is 10.8 Å². The van der Waals surface area contributed by atoms with E-state index in [0.717, 1.165) is 23.0 Å². The van der Waals surface area contributed by atoms with Crippen LogP contribution in [0.25, 0.3) is 10.9 Å². The summed E-state index contributed by atoms with van der Waals surface area (Å²) in [6, 6.07) is 20.1. The average Bonchev–Trinajstić information content (AvgIpc) is 3.14. The molecule has 0 atom stereocenters. The second-order valence-corrected chi connectivity index (χ2v) is 8.04. The van der Waals surface area contributed by atoms with E-state index < -0.39 is 15.8 Å². The van der Waals surface area contributed by atoms with Crippen LogP contribution < -0.4 is 10.0 Å². The number of aromatic amines is 1. The topological polar surface area (TPSA) is 91.1 Å². The normalized spacial score (nSPS) is 11.3. The van der Waals surface area contributed by atoms with Gasteiger partial charge in [0.2, 0.25) is 0 Å². The number of carbonyl (C=O) groups is 1. The average molecular weight is 409 g/mol.